The van der Waals surface area contributed by atoms with Gasteiger partial charge in [-0.15, -0.1) is 0 Å². The van der Waals surface area contributed by atoms with Crippen molar-refractivity contribution in [2.75, 3.05) is 25.0 Å². The Hall–Kier alpha value is -2.87. The molecule has 5 nitrogen and oxygen atoms in total. The van der Waals surface area contributed by atoms with Crippen LogP contribution >= 0.6 is 0 Å². The van der Waals surface area contributed by atoms with Crippen LogP contribution in [-0.2, 0) is 23.9 Å². The van der Waals surface area contributed by atoms with Gasteiger partial charge in [0.05, 0.1) is 17.6 Å². The number of aromatic nitrogens is 2. The van der Waals surface area contributed by atoms with E-state index in [0.29, 0.717) is 24.1 Å². The van der Waals surface area contributed by atoms with E-state index in [-0.39, 0.29) is 24.9 Å². The Labute approximate surface area is 198 Å². The Balaban J connectivity index is 1.30. The number of carbonyl (C=O) groups is 1. The first-order valence-electron chi connectivity index (χ1n) is 12.0. The average molecular weight is 473 g/mol. The van der Waals surface area contributed by atoms with Gasteiger partial charge in [0, 0.05) is 12.2 Å². The molecule has 1 aromatic heterocycles. The molecule has 4 rings (SSSR count). The SMILES string of the molecule is CCCCc1ccc(NC(=O)CN2CCC(Cn3c(C(F)(F)F)nc4ccccc43)CC2)cc1. The van der Waals surface area contributed by atoms with Crippen LogP contribution in [0.5, 0.6) is 0 Å². The number of likely N-dealkylation sites (tertiary alicyclic amines) is 1. The lowest BCUT2D eigenvalue weighted by atomic mass is 9.96. The Morgan fingerprint density at radius 1 is 1.09 bits per heavy atom. The van der Waals surface area contributed by atoms with Gasteiger partial charge in [-0.3, -0.25) is 9.69 Å². The average Bonchev–Trinajstić information content (AvgIpc) is 3.19. The van der Waals surface area contributed by atoms with Gasteiger partial charge in [-0.2, -0.15) is 13.2 Å². The van der Waals surface area contributed by atoms with Crippen LogP contribution in [0.15, 0.2) is 48.5 Å². The molecule has 1 N–H and O–H groups in total. The zero-order valence-electron chi connectivity index (χ0n) is 19.4. The number of aryl methyl sites for hydroxylation is 1. The van der Waals surface area contributed by atoms with E-state index < -0.39 is 12.0 Å². The summed E-state index contributed by atoms with van der Waals surface area (Å²) in [6.07, 6.45) is 0.325. The number of rotatable bonds is 8. The molecule has 182 valence electrons. The van der Waals surface area contributed by atoms with Crippen LogP contribution in [0.3, 0.4) is 0 Å². The maximum atomic E-state index is 13.6. The van der Waals surface area contributed by atoms with E-state index >= 15 is 0 Å². The number of fused-ring (bicyclic) bond motifs is 1. The first kappa shape index (κ1) is 24.3. The minimum absolute atomic E-state index is 0.0697. The number of nitrogens with one attached hydrogen (secondary N) is 1. The molecule has 1 saturated heterocycles. The largest absolute Gasteiger partial charge is 0.449 e. The third kappa shape index (κ3) is 5.97. The third-order valence-electron chi connectivity index (χ3n) is 6.48. The number of amides is 1. The summed E-state index contributed by atoms with van der Waals surface area (Å²) in [5, 5.41) is 2.95. The first-order chi connectivity index (χ1) is 16.3. The van der Waals surface area contributed by atoms with Crippen LogP contribution < -0.4 is 5.32 Å². The lowest BCUT2D eigenvalue weighted by molar-refractivity contribution is -0.147. The van der Waals surface area contributed by atoms with Crippen LogP contribution in [0.4, 0.5) is 18.9 Å². The lowest BCUT2D eigenvalue weighted by Gasteiger charge is -2.32. The second-order valence-electron chi connectivity index (χ2n) is 9.10. The molecule has 1 fully saturated rings. The third-order valence-corrected chi connectivity index (χ3v) is 6.48. The van der Waals surface area contributed by atoms with Crippen molar-refractivity contribution in [2.45, 2.75) is 51.7 Å². The van der Waals surface area contributed by atoms with E-state index in [1.807, 2.05) is 24.3 Å². The fraction of sp³-hybridized carbons (Fsp3) is 0.462. The number of nitrogens with zero attached hydrogens (tertiary/aromatic N) is 3. The number of carbonyl (C=O) groups excluding carboxylic acids is 1. The van der Waals surface area contributed by atoms with Crippen LogP contribution in [0.2, 0.25) is 0 Å². The van der Waals surface area contributed by atoms with Gasteiger partial charge in [-0.25, -0.2) is 4.98 Å². The number of hydrogen-bond acceptors (Lipinski definition) is 3. The molecule has 1 amide bonds. The molecule has 0 saturated carbocycles. The summed E-state index contributed by atoms with van der Waals surface area (Å²) in [5.74, 6) is -0.801. The summed E-state index contributed by atoms with van der Waals surface area (Å²) in [5.41, 5.74) is 2.92. The Kier molecular flexibility index (Phi) is 7.56. The minimum Gasteiger partial charge on any atom is -0.325 e. The van der Waals surface area contributed by atoms with Crippen molar-refractivity contribution in [1.29, 1.82) is 0 Å². The van der Waals surface area contributed by atoms with E-state index in [1.54, 1.807) is 24.3 Å². The highest BCUT2D eigenvalue weighted by Crippen LogP contribution is 2.33. The summed E-state index contributed by atoms with van der Waals surface area (Å²) in [6.45, 7) is 4.09. The van der Waals surface area contributed by atoms with Crippen LogP contribution in [0.25, 0.3) is 11.0 Å². The van der Waals surface area contributed by atoms with E-state index in [2.05, 4.69) is 22.1 Å². The molecule has 8 heteroatoms. The standard InChI is InChI=1S/C26H31F3N4O/c1-2-3-6-19-9-11-21(12-10-19)30-24(34)18-32-15-13-20(14-16-32)17-33-23-8-5-4-7-22(23)31-25(33)26(27,28)29/h4-5,7-12,20H,2-3,6,13-18H2,1H3,(H,30,34). The van der Waals surface area contributed by atoms with Crippen molar-refractivity contribution >= 4 is 22.6 Å². The number of para-hydroxylation sites is 2. The first-order valence-corrected chi connectivity index (χ1v) is 12.0. The number of halogens is 3. The Morgan fingerprint density at radius 2 is 1.79 bits per heavy atom. The molecular formula is C26H31F3N4O. The maximum absolute atomic E-state index is 13.6. The van der Waals surface area contributed by atoms with Gasteiger partial charge >= 0.3 is 6.18 Å². The van der Waals surface area contributed by atoms with Crippen molar-refractivity contribution in [1.82, 2.24) is 14.5 Å². The number of anilines is 1. The predicted octanol–water partition coefficient (Wildman–Crippen LogP) is 5.75. The van der Waals surface area contributed by atoms with E-state index in [0.717, 1.165) is 37.8 Å². The van der Waals surface area contributed by atoms with Crippen LogP contribution in [-0.4, -0.2) is 40.0 Å². The molecule has 1 aliphatic rings. The zero-order chi connectivity index (χ0) is 24.1. The van der Waals surface area contributed by atoms with Gasteiger partial charge in [-0.1, -0.05) is 37.6 Å². The highest BCUT2D eigenvalue weighted by Gasteiger charge is 2.38. The number of benzene rings is 2. The molecule has 0 spiro atoms. The van der Waals surface area contributed by atoms with Crippen LogP contribution in [0, 0.1) is 5.92 Å². The Morgan fingerprint density at radius 3 is 2.47 bits per heavy atom. The van der Waals surface area contributed by atoms with Crippen molar-refractivity contribution in [3.63, 3.8) is 0 Å². The Bertz CT molecular complexity index is 1100. The molecule has 0 atom stereocenters. The van der Waals surface area contributed by atoms with Crippen molar-refractivity contribution < 1.29 is 18.0 Å². The van der Waals surface area contributed by atoms with Gasteiger partial charge < -0.3 is 9.88 Å². The van der Waals surface area contributed by atoms with Gasteiger partial charge in [-0.05, 0) is 74.5 Å². The number of unbranched alkanes of at least 4 members (excludes halogenated alkanes) is 1. The van der Waals surface area contributed by atoms with Crippen molar-refractivity contribution in [3.05, 3.63) is 59.9 Å². The minimum atomic E-state index is -4.49. The van der Waals surface area contributed by atoms with E-state index in [1.165, 1.54) is 10.1 Å². The number of alkyl halides is 3. The van der Waals surface area contributed by atoms with Crippen molar-refractivity contribution in [2.24, 2.45) is 5.92 Å². The molecule has 3 aromatic rings. The summed E-state index contributed by atoms with van der Waals surface area (Å²) in [4.78, 5) is 18.4. The normalized spacial score (nSPS) is 15.6. The summed E-state index contributed by atoms with van der Waals surface area (Å²) in [7, 11) is 0. The predicted molar refractivity (Wildman–Crippen MR) is 128 cm³/mol. The molecule has 0 radical (unpaired) electrons. The smallest absolute Gasteiger partial charge is 0.325 e. The molecule has 34 heavy (non-hydrogen) atoms. The summed E-state index contributed by atoms with van der Waals surface area (Å²) < 4.78 is 42.0. The second kappa shape index (κ2) is 10.6. The van der Waals surface area contributed by atoms with Crippen LogP contribution in [0.1, 0.15) is 44.0 Å². The topological polar surface area (TPSA) is 50.2 Å². The van der Waals surface area contributed by atoms with Gasteiger partial charge in [0.2, 0.25) is 11.7 Å². The van der Waals surface area contributed by atoms with Gasteiger partial charge in [0.15, 0.2) is 0 Å². The molecule has 0 aliphatic carbocycles. The summed E-state index contributed by atoms with van der Waals surface area (Å²) >= 11 is 0. The lowest BCUT2D eigenvalue weighted by Crippen LogP contribution is -2.40. The zero-order valence-corrected chi connectivity index (χ0v) is 19.4. The van der Waals surface area contributed by atoms with Crippen molar-refractivity contribution in [3.8, 4) is 0 Å². The molecule has 0 bridgehead atoms. The second-order valence-corrected chi connectivity index (χ2v) is 9.10. The van der Waals surface area contributed by atoms with E-state index in [4.69, 9.17) is 0 Å². The fourth-order valence-corrected chi connectivity index (χ4v) is 4.60. The molecule has 2 aromatic carbocycles. The fourth-order valence-electron chi connectivity index (χ4n) is 4.60. The molecule has 2 heterocycles. The maximum Gasteiger partial charge on any atom is 0.449 e. The quantitative estimate of drug-likeness (QED) is 0.454. The highest BCUT2D eigenvalue weighted by atomic mass is 19.4. The monoisotopic (exact) mass is 472 g/mol. The number of hydrogen-bond donors (Lipinski definition) is 1. The summed E-state index contributed by atoms with van der Waals surface area (Å²) in [6, 6.07) is 14.7. The van der Waals surface area contributed by atoms with Gasteiger partial charge in [0.25, 0.3) is 0 Å². The van der Waals surface area contributed by atoms with E-state index in [9.17, 15) is 18.0 Å². The highest BCUT2D eigenvalue weighted by molar-refractivity contribution is 5.92. The number of imidazole rings is 1. The number of piperidine rings is 1. The molecule has 1 aliphatic heterocycles. The molecule has 0 unspecified atom stereocenters. The van der Waals surface area contributed by atoms with Gasteiger partial charge in [0.1, 0.15) is 0 Å². The molecular weight excluding hydrogens is 441 g/mol.